The van der Waals surface area contributed by atoms with E-state index in [9.17, 15) is 0 Å². The molecule has 0 saturated carbocycles. The van der Waals surface area contributed by atoms with Crippen molar-refractivity contribution in [2.45, 2.75) is 25.6 Å². The largest absolute Gasteiger partial charge is 0.419 e. The van der Waals surface area contributed by atoms with E-state index in [-0.39, 0.29) is 27.5 Å². The van der Waals surface area contributed by atoms with Crippen molar-refractivity contribution in [3.63, 3.8) is 0 Å². The molecule has 1 atom stereocenters. The number of ether oxygens (including phenoxy) is 2. The van der Waals surface area contributed by atoms with Gasteiger partial charge in [-0.25, -0.2) is 0 Å². The van der Waals surface area contributed by atoms with Crippen molar-refractivity contribution < 1.29 is 30.7 Å². The third-order valence-corrected chi connectivity index (χ3v) is 4.43. The molecule has 1 heterocycles. The van der Waals surface area contributed by atoms with Gasteiger partial charge in [0.1, 0.15) is 6.61 Å². The maximum atomic E-state index is 5.54. The van der Waals surface area contributed by atoms with Gasteiger partial charge in [0.2, 0.25) is 3.57 Å². The van der Waals surface area contributed by atoms with E-state index in [1.807, 2.05) is 6.07 Å². The van der Waals surface area contributed by atoms with Crippen molar-refractivity contribution in [1.29, 1.82) is 0 Å². The minimum atomic E-state index is -0.186. The summed E-state index contributed by atoms with van der Waals surface area (Å²) in [5.74, 6) is 3.08. The predicted octanol–water partition coefficient (Wildman–Crippen LogP) is -0.551. The first-order chi connectivity index (χ1) is 8.45. The fourth-order valence-corrected chi connectivity index (χ4v) is 3.00. The van der Waals surface area contributed by atoms with E-state index in [0.717, 1.165) is 19.4 Å². The van der Waals surface area contributed by atoms with Crippen molar-refractivity contribution in [2.75, 3.05) is 13.2 Å². The zero-order valence-corrected chi connectivity index (χ0v) is 11.9. The van der Waals surface area contributed by atoms with E-state index in [1.54, 1.807) is 0 Å². The summed E-state index contributed by atoms with van der Waals surface area (Å²) in [6.07, 6.45) is 3.35. The van der Waals surface area contributed by atoms with E-state index in [0.29, 0.717) is 6.61 Å². The van der Waals surface area contributed by atoms with Gasteiger partial charge in [-0.05, 0) is 37.3 Å². The number of rotatable bonds is 3. The smallest absolute Gasteiger partial charge is 0.353 e. The highest BCUT2D eigenvalue weighted by atomic mass is 127. The van der Waals surface area contributed by atoms with Gasteiger partial charge in [-0.3, -0.25) is 0 Å². The minimum absolute atomic E-state index is 0.0204. The molecule has 0 aliphatic carbocycles. The lowest BCUT2D eigenvalue weighted by atomic mass is 10.2. The molecule has 1 aromatic rings. The maximum Gasteiger partial charge on any atom is 0.419 e. The van der Waals surface area contributed by atoms with Crippen LogP contribution in [0.1, 0.15) is 19.3 Å². The van der Waals surface area contributed by atoms with Gasteiger partial charge >= 0.3 is 21.2 Å². The number of halogens is 1. The number of benzene rings is 1. The average Bonchev–Trinajstić information content (AvgIpc) is 2.41. The van der Waals surface area contributed by atoms with Crippen molar-refractivity contribution in [2.24, 2.45) is 0 Å². The van der Waals surface area contributed by atoms with Crippen LogP contribution < -0.4 is 21.2 Å². The number of hydrogen-bond acceptors (Lipinski definition) is 2. The first-order valence-electron chi connectivity index (χ1n) is 5.85. The first-order valence-corrected chi connectivity index (χ1v) is 8.01. The molecule has 2 rings (SSSR count). The summed E-state index contributed by atoms with van der Waals surface area (Å²) in [5, 5.41) is 0. The Labute approximate surface area is 113 Å². The highest BCUT2D eigenvalue weighted by molar-refractivity contribution is 5.00. The van der Waals surface area contributed by atoms with Crippen LogP contribution in [0.25, 0.3) is 0 Å². The van der Waals surface area contributed by atoms with Gasteiger partial charge in [-0.15, -0.1) is 0 Å². The maximum absolute atomic E-state index is 5.54. The van der Waals surface area contributed by atoms with Gasteiger partial charge in [-0.1, -0.05) is 18.2 Å². The summed E-state index contributed by atoms with van der Waals surface area (Å²) < 4.78 is 15.6. The van der Waals surface area contributed by atoms with Gasteiger partial charge in [0.05, 0.1) is 0 Å². The standard InChI is InChI=1S/C14H16IO2/c1-2-7-13(8-3-1)15-10-6-12-17-14-9-4-5-11-16-14/h1-3,7-8,14H,4-5,9,11-12H2/q+1. The Morgan fingerprint density at radius 1 is 1.29 bits per heavy atom. The molecule has 1 aromatic carbocycles. The molecular formula is C14H16IO2+. The molecular weight excluding hydrogens is 327 g/mol. The summed E-state index contributed by atoms with van der Waals surface area (Å²) in [5.41, 5.74) is 0. The van der Waals surface area contributed by atoms with E-state index in [4.69, 9.17) is 9.47 Å². The van der Waals surface area contributed by atoms with Gasteiger partial charge in [0, 0.05) is 6.61 Å². The molecule has 0 bridgehead atoms. The first kappa shape index (κ1) is 12.9. The Balaban J connectivity index is 1.65. The van der Waals surface area contributed by atoms with Crippen LogP contribution >= 0.6 is 0 Å². The molecule has 0 aromatic heterocycles. The average molecular weight is 343 g/mol. The summed E-state index contributed by atoms with van der Waals surface area (Å²) in [6, 6.07) is 10.4. The van der Waals surface area contributed by atoms with Crippen LogP contribution in [0.5, 0.6) is 0 Å². The van der Waals surface area contributed by atoms with E-state index >= 15 is 0 Å². The molecule has 1 saturated heterocycles. The molecule has 17 heavy (non-hydrogen) atoms. The Bertz CT molecular complexity index is 374. The second-order valence-electron chi connectivity index (χ2n) is 3.77. The van der Waals surface area contributed by atoms with Crippen LogP contribution in [0.15, 0.2) is 30.3 Å². The second kappa shape index (κ2) is 7.70. The summed E-state index contributed by atoms with van der Waals surface area (Å²) >= 11 is -0.186. The lowest BCUT2D eigenvalue weighted by molar-refractivity contribution is -0.535. The highest BCUT2D eigenvalue weighted by Crippen LogP contribution is 2.12. The fourth-order valence-electron chi connectivity index (χ4n) is 1.57. The van der Waals surface area contributed by atoms with Gasteiger partial charge < -0.3 is 9.47 Å². The lowest BCUT2D eigenvalue weighted by Crippen LogP contribution is -3.59. The van der Waals surface area contributed by atoms with Crippen molar-refractivity contribution in [1.82, 2.24) is 0 Å². The normalized spacial score (nSPS) is 19.4. The Morgan fingerprint density at radius 3 is 2.94 bits per heavy atom. The Morgan fingerprint density at radius 2 is 2.18 bits per heavy atom. The molecule has 2 nitrogen and oxygen atoms in total. The molecule has 0 amide bonds. The third kappa shape index (κ3) is 5.07. The molecule has 1 aliphatic rings. The van der Waals surface area contributed by atoms with E-state index in [2.05, 4.69) is 34.1 Å². The van der Waals surface area contributed by atoms with Crippen LogP contribution in [-0.4, -0.2) is 19.5 Å². The van der Waals surface area contributed by atoms with E-state index in [1.165, 1.54) is 9.99 Å². The molecule has 1 fully saturated rings. The third-order valence-electron chi connectivity index (χ3n) is 2.44. The Hall–Kier alpha value is -0.570. The summed E-state index contributed by atoms with van der Waals surface area (Å²) in [4.78, 5) is 0. The molecule has 0 radical (unpaired) electrons. The lowest BCUT2D eigenvalue weighted by Gasteiger charge is -2.21. The minimum Gasteiger partial charge on any atom is -0.353 e. The quantitative estimate of drug-likeness (QED) is 0.542. The zero-order chi connectivity index (χ0) is 11.8. The topological polar surface area (TPSA) is 18.5 Å². The zero-order valence-electron chi connectivity index (χ0n) is 9.69. The second-order valence-corrected chi connectivity index (χ2v) is 6.09. The molecule has 90 valence electrons. The van der Waals surface area contributed by atoms with Crippen LogP contribution in [-0.2, 0) is 9.47 Å². The monoisotopic (exact) mass is 343 g/mol. The molecule has 3 heteroatoms. The van der Waals surface area contributed by atoms with Crippen molar-refractivity contribution in [3.8, 4) is 9.85 Å². The van der Waals surface area contributed by atoms with Crippen LogP contribution in [0.3, 0.4) is 0 Å². The van der Waals surface area contributed by atoms with Crippen LogP contribution in [0, 0.1) is 13.4 Å². The van der Waals surface area contributed by atoms with Crippen molar-refractivity contribution >= 4 is 0 Å². The van der Waals surface area contributed by atoms with Gasteiger partial charge in [0.25, 0.3) is 0 Å². The van der Waals surface area contributed by atoms with Crippen LogP contribution in [0.2, 0.25) is 0 Å². The highest BCUT2D eigenvalue weighted by Gasteiger charge is 2.13. The van der Waals surface area contributed by atoms with Crippen molar-refractivity contribution in [3.05, 3.63) is 33.9 Å². The van der Waals surface area contributed by atoms with Crippen LogP contribution in [0.4, 0.5) is 0 Å². The van der Waals surface area contributed by atoms with Gasteiger partial charge in [-0.2, -0.15) is 0 Å². The molecule has 1 aliphatic heterocycles. The Kier molecular flexibility index (Phi) is 5.83. The SMILES string of the molecule is C(#C[I+]c1ccccc1)COC1CCCCO1. The van der Waals surface area contributed by atoms with Gasteiger partial charge in [0.15, 0.2) is 10.2 Å². The fraction of sp³-hybridized carbons (Fsp3) is 0.429. The molecule has 0 N–H and O–H groups in total. The predicted molar refractivity (Wildman–Crippen MR) is 62.5 cm³/mol. The molecule has 0 spiro atoms. The van der Waals surface area contributed by atoms with E-state index < -0.39 is 0 Å². The summed E-state index contributed by atoms with van der Waals surface area (Å²) in [7, 11) is 0. The molecule has 1 unspecified atom stereocenters. The summed E-state index contributed by atoms with van der Waals surface area (Å²) in [6.45, 7) is 1.33. The number of hydrogen-bond donors (Lipinski definition) is 0.